The lowest BCUT2D eigenvalue weighted by Crippen LogP contribution is -2.20. The predicted molar refractivity (Wildman–Crippen MR) is 102 cm³/mol. The lowest BCUT2D eigenvalue weighted by atomic mass is 10.1. The summed E-state index contributed by atoms with van der Waals surface area (Å²) in [5, 5.41) is 0.0414. The highest BCUT2D eigenvalue weighted by atomic mass is 19.4. The summed E-state index contributed by atoms with van der Waals surface area (Å²) in [4.78, 5) is 25.8. The molecule has 0 N–H and O–H groups in total. The van der Waals surface area contributed by atoms with Crippen LogP contribution in [0.25, 0.3) is 22.3 Å². The third kappa shape index (κ3) is 2.60. The van der Waals surface area contributed by atoms with Crippen molar-refractivity contribution in [3.63, 3.8) is 0 Å². The van der Waals surface area contributed by atoms with Crippen molar-refractivity contribution < 1.29 is 22.4 Å². The Bertz CT molecular complexity index is 1400. The van der Waals surface area contributed by atoms with Crippen LogP contribution in [0.5, 0.6) is 0 Å². The van der Waals surface area contributed by atoms with E-state index in [1.807, 2.05) is 0 Å². The smallest absolute Gasteiger partial charge is 0.334 e. The summed E-state index contributed by atoms with van der Waals surface area (Å²) in [5.74, 6) is -1.13. The van der Waals surface area contributed by atoms with E-state index in [1.54, 1.807) is 16.7 Å². The highest BCUT2D eigenvalue weighted by molar-refractivity contribution is 6.10. The van der Waals surface area contributed by atoms with Gasteiger partial charge in [-0.2, -0.15) is 13.2 Å². The fraction of sp³-hybridized carbons (Fsp3) is 0.0909. The van der Waals surface area contributed by atoms with Gasteiger partial charge in [0.1, 0.15) is 11.4 Å². The molecule has 0 radical (unpaired) electrons. The maximum absolute atomic E-state index is 13.8. The van der Waals surface area contributed by atoms with Gasteiger partial charge in [0.2, 0.25) is 5.43 Å². The van der Waals surface area contributed by atoms with Crippen molar-refractivity contribution in [2.45, 2.75) is 12.7 Å². The van der Waals surface area contributed by atoms with E-state index in [4.69, 9.17) is 0 Å². The Labute approximate surface area is 166 Å². The monoisotopic (exact) mass is 412 g/mol. The van der Waals surface area contributed by atoms with E-state index in [1.165, 1.54) is 35.0 Å². The maximum Gasteiger partial charge on any atom is 0.416 e. The van der Waals surface area contributed by atoms with Gasteiger partial charge in [0.25, 0.3) is 5.91 Å². The summed E-state index contributed by atoms with van der Waals surface area (Å²) in [6.45, 7) is 0.0986. The van der Waals surface area contributed by atoms with Crippen LogP contribution in [-0.4, -0.2) is 15.0 Å². The van der Waals surface area contributed by atoms with E-state index in [2.05, 4.69) is 0 Å². The Morgan fingerprint density at radius 2 is 1.67 bits per heavy atom. The van der Waals surface area contributed by atoms with Crippen molar-refractivity contribution in [2.24, 2.45) is 0 Å². The minimum Gasteiger partial charge on any atom is -0.334 e. The van der Waals surface area contributed by atoms with Crippen LogP contribution >= 0.6 is 0 Å². The molecule has 2 aromatic carbocycles. The number of hydrogen-bond donors (Lipinski definition) is 0. The van der Waals surface area contributed by atoms with E-state index in [0.717, 1.165) is 18.2 Å². The fourth-order valence-corrected chi connectivity index (χ4v) is 3.91. The predicted octanol–water partition coefficient (Wildman–Crippen LogP) is 4.68. The molecule has 0 aliphatic carbocycles. The Kier molecular flexibility index (Phi) is 3.77. The first-order chi connectivity index (χ1) is 14.3. The number of carbonyl (C=O) groups is 1. The van der Waals surface area contributed by atoms with Crippen LogP contribution in [0.1, 0.15) is 21.5 Å². The van der Waals surface area contributed by atoms with Crippen molar-refractivity contribution in [2.75, 3.05) is 0 Å². The number of pyridine rings is 1. The average molecular weight is 412 g/mol. The second kappa shape index (κ2) is 6.16. The van der Waals surface area contributed by atoms with Gasteiger partial charge in [-0.05, 0) is 48.0 Å². The molecule has 1 aliphatic rings. The van der Waals surface area contributed by atoms with Gasteiger partial charge in [0.05, 0.1) is 22.5 Å². The topological polar surface area (TPSA) is 44.0 Å². The van der Waals surface area contributed by atoms with E-state index in [0.29, 0.717) is 22.5 Å². The molecule has 0 amide bonds. The molecular formula is C22H12F4N2O2. The third-order valence-electron chi connectivity index (χ3n) is 5.27. The van der Waals surface area contributed by atoms with Gasteiger partial charge in [0.15, 0.2) is 0 Å². The first-order valence-corrected chi connectivity index (χ1v) is 9.00. The van der Waals surface area contributed by atoms with Crippen molar-refractivity contribution in [1.82, 2.24) is 9.13 Å². The van der Waals surface area contributed by atoms with Crippen LogP contribution in [0.3, 0.4) is 0 Å². The second-order valence-corrected chi connectivity index (χ2v) is 7.06. The van der Waals surface area contributed by atoms with Crippen LogP contribution < -0.4 is 5.43 Å². The van der Waals surface area contributed by atoms with Crippen LogP contribution in [0.2, 0.25) is 0 Å². The van der Waals surface area contributed by atoms with Gasteiger partial charge in [-0.25, -0.2) is 4.39 Å². The number of aromatic nitrogens is 2. The average Bonchev–Trinajstić information content (AvgIpc) is 3.27. The molecule has 0 fully saturated rings. The zero-order valence-electron chi connectivity index (χ0n) is 15.2. The highest BCUT2D eigenvalue weighted by Gasteiger charge is 2.33. The first kappa shape index (κ1) is 18.4. The van der Waals surface area contributed by atoms with Gasteiger partial charge in [0, 0.05) is 18.1 Å². The summed E-state index contributed by atoms with van der Waals surface area (Å²) < 4.78 is 55.5. The van der Waals surface area contributed by atoms with Gasteiger partial charge >= 0.3 is 6.18 Å². The minimum atomic E-state index is -4.45. The number of halogens is 4. The summed E-state index contributed by atoms with van der Waals surface area (Å²) in [6.07, 6.45) is -2.92. The molecule has 0 atom stereocenters. The molecule has 0 saturated carbocycles. The first-order valence-electron chi connectivity index (χ1n) is 9.00. The fourth-order valence-electron chi connectivity index (χ4n) is 3.91. The molecule has 8 heteroatoms. The summed E-state index contributed by atoms with van der Waals surface area (Å²) in [5.41, 5.74) is 0.388. The van der Waals surface area contributed by atoms with E-state index in [-0.39, 0.29) is 17.5 Å². The molecule has 3 heterocycles. The SMILES string of the molecule is O=C1c2c(n(Cc3ccc(C(F)(F)F)cc3)c3ccc(F)cc3c2=O)-c2cccn21. The van der Waals surface area contributed by atoms with Crippen molar-refractivity contribution >= 4 is 16.8 Å². The molecule has 0 spiro atoms. The molecule has 4 nitrogen and oxygen atoms in total. The molecule has 150 valence electrons. The zero-order valence-corrected chi connectivity index (χ0v) is 15.2. The quantitative estimate of drug-likeness (QED) is 0.395. The zero-order chi connectivity index (χ0) is 21.2. The number of hydrogen-bond acceptors (Lipinski definition) is 2. The number of rotatable bonds is 2. The maximum atomic E-state index is 13.8. The van der Waals surface area contributed by atoms with Crippen molar-refractivity contribution in [1.29, 1.82) is 0 Å². The molecule has 4 aromatic rings. The molecule has 30 heavy (non-hydrogen) atoms. The van der Waals surface area contributed by atoms with Gasteiger partial charge in [-0.1, -0.05) is 12.1 Å². The number of benzene rings is 2. The number of fused-ring (bicyclic) bond motifs is 4. The summed E-state index contributed by atoms with van der Waals surface area (Å²) in [7, 11) is 0. The largest absolute Gasteiger partial charge is 0.416 e. The minimum absolute atomic E-state index is 0.0414. The van der Waals surface area contributed by atoms with Crippen molar-refractivity contribution in [3.05, 3.63) is 93.5 Å². The second-order valence-electron chi connectivity index (χ2n) is 7.06. The van der Waals surface area contributed by atoms with Crippen molar-refractivity contribution in [3.8, 4) is 11.4 Å². The third-order valence-corrected chi connectivity index (χ3v) is 5.27. The number of nitrogens with zero attached hydrogens (tertiary/aromatic N) is 2. The van der Waals surface area contributed by atoms with Gasteiger partial charge in [-0.3, -0.25) is 14.2 Å². The van der Waals surface area contributed by atoms with Gasteiger partial charge < -0.3 is 4.57 Å². The number of carbonyl (C=O) groups excluding carboxylic acids is 1. The van der Waals surface area contributed by atoms with Crippen LogP contribution in [0.15, 0.2) is 65.6 Å². The summed E-state index contributed by atoms with van der Waals surface area (Å²) in [6, 6.07) is 11.7. The molecule has 0 unspecified atom stereocenters. The van der Waals surface area contributed by atoms with Crippen LogP contribution in [-0.2, 0) is 12.7 Å². The Hall–Kier alpha value is -3.68. The highest BCUT2D eigenvalue weighted by Crippen LogP contribution is 2.34. The van der Waals surface area contributed by atoms with Gasteiger partial charge in [-0.15, -0.1) is 0 Å². The normalized spacial score (nSPS) is 13.0. The Morgan fingerprint density at radius 3 is 2.37 bits per heavy atom. The lowest BCUT2D eigenvalue weighted by Gasteiger charge is -2.17. The Balaban J connectivity index is 1.76. The molecule has 1 aliphatic heterocycles. The standard InChI is InChI=1S/C22H12F4N2O2/c23-14-7-8-16-15(10-14)20(29)18-19(17-2-1-9-27(17)21(18)30)28(16)11-12-3-5-13(6-4-12)22(24,25)26/h1-10H,11H2. The van der Waals surface area contributed by atoms with Crippen LogP contribution in [0, 0.1) is 5.82 Å². The molecule has 5 rings (SSSR count). The summed E-state index contributed by atoms with van der Waals surface area (Å²) >= 11 is 0. The molecule has 0 bridgehead atoms. The van der Waals surface area contributed by atoms with E-state index < -0.39 is 28.9 Å². The molecular weight excluding hydrogens is 400 g/mol. The van der Waals surface area contributed by atoms with E-state index in [9.17, 15) is 27.2 Å². The lowest BCUT2D eigenvalue weighted by molar-refractivity contribution is -0.137. The molecule has 0 saturated heterocycles. The van der Waals surface area contributed by atoms with E-state index >= 15 is 0 Å². The number of alkyl halides is 3. The molecule has 2 aromatic heterocycles. The van der Waals surface area contributed by atoms with Crippen LogP contribution in [0.4, 0.5) is 17.6 Å². The Morgan fingerprint density at radius 1 is 0.933 bits per heavy atom.